The summed E-state index contributed by atoms with van der Waals surface area (Å²) in [6, 6.07) is 15.3. The topological polar surface area (TPSA) is 141 Å². The van der Waals surface area contributed by atoms with Gasteiger partial charge < -0.3 is 34.9 Å². The van der Waals surface area contributed by atoms with Crippen LogP contribution in [0.5, 0.6) is 5.75 Å². The molecule has 0 amide bonds. The first-order chi connectivity index (χ1) is 18.7. The Morgan fingerprint density at radius 3 is 2.33 bits per heavy atom. The van der Waals surface area contributed by atoms with E-state index in [1.807, 2.05) is 48.6 Å². The second-order valence-electron chi connectivity index (χ2n) is 10.2. The molecule has 0 fully saturated rings. The molecule has 1 aromatic heterocycles. The average Bonchev–Trinajstić information content (AvgIpc) is 3.44. The van der Waals surface area contributed by atoms with Crippen LogP contribution in [0, 0.1) is 5.41 Å². The van der Waals surface area contributed by atoms with Crippen LogP contribution in [0.2, 0.25) is 5.02 Å². The molecule has 208 valence electrons. The number of allylic oxidation sites excluding steroid dienone is 3. The summed E-state index contributed by atoms with van der Waals surface area (Å²) in [6.07, 6.45) is 6.00. The Labute approximate surface area is 232 Å². The maximum absolute atomic E-state index is 9.58. The van der Waals surface area contributed by atoms with E-state index in [0.29, 0.717) is 16.7 Å². The van der Waals surface area contributed by atoms with Gasteiger partial charge in [0.05, 0.1) is 30.4 Å². The lowest BCUT2D eigenvalue weighted by molar-refractivity contribution is 0.0414. The first-order valence-electron chi connectivity index (χ1n) is 12.6. The fourth-order valence-corrected chi connectivity index (χ4v) is 4.99. The van der Waals surface area contributed by atoms with E-state index in [4.69, 9.17) is 20.8 Å². The zero-order valence-corrected chi connectivity index (χ0v) is 22.7. The molecule has 0 saturated carbocycles. The molecule has 39 heavy (non-hydrogen) atoms. The number of halogens is 1. The molecule has 9 nitrogen and oxygen atoms in total. The molecule has 0 saturated heterocycles. The molecule has 2 aromatic carbocycles. The first-order valence-corrected chi connectivity index (χ1v) is 13.0. The van der Waals surface area contributed by atoms with Crippen molar-refractivity contribution >= 4 is 17.2 Å². The Kier molecular flexibility index (Phi) is 8.90. The number of nitrogens with zero attached hydrogens (tertiary/aromatic N) is 2. The Hall–Kier alpha value is -3.05. The first kappa shape index (κ1) is 28.9. The van der Waals surface area contributed by atoms with Crippen molar-refractivity contribution in [2.24, 2.45) is 5.41 Å². The summed E-state index contributed by atoms with van der Waals surface area (Å²) in [5.74, 6) is 0.878. The minimum atomic E-state index is -1.20. The fourth-order valence-electron chi connectivity index (χ4n) is 4.74. The van der Waals surface area contributed by atoms with E-state index >= 15 is 0 Å². The van der Waals surface area contributed by atoms with Gasteiger partial charge in [0, 0.05) is 12.0 Å². The smallest absolute Gasteiger partial charge is 0.241 e. The van der Waals surface area contributed by atoms with Gasteiger partial charge in [0.2, 0.25) is 11.8 Å². The number of nitrogens with one attached hydrogen (secondary N) is 1. The predicted octanol–water partition coefficient (Wildman–Crippen LogP) is 3.02. The molecule has 1 unspecified atom stereocenters. The molecule has 5 N–H and O–H groups in total. The summed E-state index contributed by atoms with van der Waals surface area (Å²) >= 11 is 6.60. The van der Waals surface area contributed by atoms with Crippen LogP contribution in [0.4, 0.5) is 0 Å². The van der Waals surface area contributed by atoms with Crippen LogP contribution < -0.4 is 10.1 Å². The van der Waals surface area contributed by atoms with Crippen LogP contribution in [0.1, 0.15) is 36.8 Å². The summed E-state index contributed by atoms with van der Waals surface area (Å²) in [7, 11) is 0. The number of ether oxygens (including phenoxy) is 1. The van der Waals surface area contributed by atoms with Crippen LogP contribution in [-0.4, -0.2) is 62.6 Å². The van der Waals surface area contributed by atoms with Gasteiger partial charge in [0.15, 0.2) is 0 Å². The molecule has 0 aliphatic heterocycles. The van der Waals surface area contributed by atoms with Crippen molar-refractivity contribution in [3.05, 3.63) is 94.7 Å². The Morgan fingerprint density at radius 2 is 1.72 bits per heavy atom. The standard InChI is InChI=1S/C29H34ClN3O6/c1-27(2)22(21-7-4-3-5-8-21)9-6-12-29(27,26-33-32-25(15-34)39-26)19-38-24-11-10-20(13-23(24)30)14-31-28(16-35,17-36)18-37/h3-13,31,34-37H,14-19H2,1-2H3. The molecular formula is C29H34ClN3O6. The van der Waals surface area contributed by atoms with Gasteiger partial charge in [-0.15, -0.1) is 10.2 Å². The minimum absolute atomic E-state index is 0.115. The third kappa shape index (κ3) is 5.65. The van der Waals surface area contributed by atoms with Crippen LogP contribution in [0.25, 0.3) is 5.57 Å². The van der Waals surface area contributed by atoms with Crippen LogP contribution >= 0.6 is 11.6 Å². The molecule has 0 radical (unpaired) electrons. The molecule has 1 heterocycles. The lowest BCUT2D eigenvalue weighted by Crippen LogP contribution is -2.54. The van der Waals surface area contributed by atoms with Crippen LogP contribution in [0.3, 0.4) is 0 Å². The number of benzene rings is 2. The van der Waals surface area contributed by atoms with Gasteiger partial charge in [0.25, 0.3) is 0 Å². The highest BCUT2D eigenvalue weighted by atomic mass is 35.5. The largest absolute Gasteiger partial charge is 0.491 e. The normalized spacial score (nSPS) is 18.7. The monoisotopic (exact) mass is 555 g/mol. The van der Waals surface area contributed by atoms with E-state index in [1.54, 1.807) is 12.1 Å². The van der Waals surface area contributed by atoms with Gasteiger partial charge in [-0.1, -0.05) is 80.1 Å². The number of hydrogen-bond donors (Lipinski definition) is 5. The summed E-state index contributed by atoms with van der Waals surface area (Å²) in [5, 5.41) is 49.9. The summed E-state index contributed by atoms with van der Waals surface area (Å²) in [4.78, 5) is 0. The average molecular weight is 556 g/mol. The molecule has 1 aliphatic rings. The number of hydrogen-bond acceptors (Lipinski definition) is 9. The third-order valence-electron chi connectivity index (χ3n) is 7.53. The number of aliphatic hydroxyl groups is 4. The second kappa shape index (κ2) is 12.0. The van der Waals surface area contributed by atoms with Crippen molar-refractivity contribution in [1.82, 2.24) is 15.5 Å². The molecule has 10 heteroatoms. The maximum Gasteiger partial charge on any atom is 0.241 e. The van der Waals surface area contributed by atoms with Gasteiger partial charge in [-0.3, -0.25) is 0 Å². The number of rotatable bonds is 12. The predicted molar refractivity (Wildman–Crippen MR) is 147 cm³/mol. The zero-order valence-electron chi connectivity index (χ0n) is 22.0. The maximum atomic E-state index is 9.58. The summed E-state index contributed by atoms with van der Waals surface area (Å²) in [6.45, 7) is 2.92. The molecule has 1 aliphatic carbocycles. The van der Waals surface area contributed by atoms with Crippen LogP contribution in [0.15, 0.2) is 71.2 Å². The minimum Gasteiger partial charge on any atom is -0.491 e. The number of aliphatic hydroxyl groups excluding tert-OH is 4. The van der Waals surface area contributed by atoms with Gasteiger partial charge in [-0.25, -0.2) is 0 Å². The molecule has 3 aromatic rings. The van der Waals surface area contributed by atoms with E-state index in [2.05, 4.69) is 35.4 Å². The SMILES string of the molecule is CC1(C)C(c2ccccc2)=CC=CC1(COc1ccc(CNC(CO)(CO)CO)cc1Cl)c1nnc(CO)o1. The molecule has 4 rings (SSSR count). The van der Waals surface area contributed by atoms with E-state index in [1.165, 1.54) is 0 Å². The van der Waals surface area contributed by atoms with Gasteiger partial charge in [-0.05, 0) is 28.8 Å². The van der Waals surface area contributed by atoms with E-state index in [-0.39, 0.29) is 25.6 Å². The Bertz CT molecular complexity index is 1310. The molecule has 0 bridgehead atoms. The van der Waals surface area contributed by atoms with Crippen LogP contribution in [-0.2, 0) is 18.6 Å². The van der Waals surface area contributed by atoms with Gasteiger partial charge >= 0.3 is 0 Å². The van der Waals surface area contributed by atoms with E-state index < -0.39 is 36.2 Å². The van der Waals surface area contributed by atoms with E-state index in [0.717, 1.165) is 16.7 Å². The lowest BCUT2D eigenvalue weighted by atomic mass is 9.58. The van der Waals surface area contributed by atoms with Crippen molar-refractivity contribution in [3.8, 4) is 5.75 Å². The fraction of sp³-hybridized carbons (Fsp3) is 0.379. The van der Waals surface area contributed by atoms with Gasteiger partial charge in [-0.2, -0.15) is 0 Å². The Morgan fingerprint density at radius 1 is 1.00 bits per heavy atom. The van der Waals surface area contributed by atoms with Crippen molar-refractivity contribution in [2.45, 2.75) is 38.0 Å². The summed E-state index contributed by atoms with van der Waals surface area (Å²) < 4.78 is 12.2. The lowest BCUT2D eigenvalue weighted by Gasteiger charge is -2.45. The molecule has 1 atom stereocenters. The quantitative estimate of drug-likeness (QED) is 0.228. The third-order valence-corrected chi connectivity index (χ3v) is 7.82. The van der Waals surface area contributed by atoms with E-state index in [9.17, 15) is 20.4 Å². The van der Waals surface area contributed by atoms with Crippen molar-refractivity contribution in [2.75, 3.05) is 26.4 Å². The van der Waals surface area contributed by atoms with Gasteiger partial charge in [0.1, 0.15) is 24.4 Å². The Balaban J connectivity index is 1.62. The second-order valence-corrected chi connectivity index (χ2v) is 10.6. The molecular weight excluding hydrogens is 522 g/mol. The zero-order chi connectivity index (χ0) is 28.1. The summed E-state index contributed by atoms with van der Waals surface area (Å²) in [5.41, 5.74) is 0.233. The van der Waals surface area contributed by atoms with Crippen molar-refractivity contribution < 1.29 is 29.6 Å². The highest BCUT2D eigenvalue weighted by molar-refractivity contribution is 6.32. The molecule has 0 spiro atoms. The highest BCUT2D eigenvalue weighted by Gasteiger charge is 2.53. The van der Waals surface area contributed by atoms with Crippen molar-refractivity contribution in [3.63, 3.8) is 0 Å². The number of aromatic nitrogens is 2. The highest BCUT2D eigenvalue weighted by Crippen LogP contribution is 2.53. The van der Waals surface area contributed by atoms with Crippen molar-refractivity contribution in [1.29, 1.82) is 0 Å².